The number of para-hydroxylation sites is 1. The van der Waals surface area contributed by atoms with Crippen molar-refractivity contribution < 1.29 is 0 Å². The zero-order valence-corrected chi connectivity index (χ0v) is 10.8. The Bertz CT molecular complexity index is 765. The van der Waals surface area contributed by atoms with Gasteiger partial charge in [0, 0.05) is 10.6 Å². The van der Waals surface area contributed by atoms with Gasteiger partial charge in [-0.25, -0.2) is 4.98 Å². The summed E-state index contributed by atoms with van der Waals surface area (Å²) in [4.78, 5) is 16.5. The lowest BCUT2D eigenvalue weighted by Crippen LogP contribution is -2.02. The van der Waals surface area contributed by atoms with Gasteiger partial charge in [0.2, 0.25) is 0 Å². The molecule has 1 heterocycles. The molecule has 0 spiro atoms. The first-order valence-corrected chi connectivity index (χ1v) is 6.59. The molecule has 0 saturated carbocycles. The average Bonchev–Trinajstić information content (AvgIpc) is 2.39. The van der Waals surface area contributed by atoms with Gasteiger partial charge < -0.3 is 0 Å². The molecule has 88 valence electrons. The largest absolute Gasteiger partial charge is 0.275 e. The predicted octanol–water partition coefficient (Wildman–Crippen LogP) is 3.98. The number of halogens is 1. The van der Waals surface area contributed by atoms with Gasteiger partial charge in [-0.3, -0.25) is 4.79 Å². The van der Waals surface area contributed by atoms with E-state index in [2.05, 4.69) is 4.98 Å². The van der Waals surface area contributed by atoms with Crippen molar-refractivity contribution in [1.29, 1.82) is 0 Å². The number of hydrogen-bond acceptors (Lipinski definition) is 3. The van der Waals surface area contributed by atoms with Gasteiger partial charge in [0.1, 0.15) is 5.69 Å². The van der Waals surface area contributed by atoms with Crippen molar-refractivity contribution in [2.75, 3.05) is 0 Å². The Morgan fingerprint density at radius 1 is 1.00 bits per heavy atom. The Hall–Kier alpha value is -1.71. The molecule has 3 rings (SSSR count). The first-order valence-electron chi connectivity index (χ1n) is 5.40. The highest BCUT2D eigenvalue weighted by Crippen LogP contribution is 2.21. The molecule has 0 N–H and O–H groups in total. The van der Waals surface area contributed by atoms with Crippen LogP contribution in [0.1, 0.15) is 0 Å². The van der Waals surface area contributed by atoms with Crippen LogP contribution in [0.15, 0.2) is 53.3 Å². The topological polar surface area (TPSA) is 30.0 Å². The summed E-state index contributed by atoms with van der Waals surface area (Å²) in [5.74, 6) is 0. The highest BCUT2D eigenvalue weighted by Gasteiger charge is 2.07. The molecule has 0 unspecified atom stereocenters. The minimum Gasteiger partial charge on any atom is -0.275 e. The summed E-state index contributed by atoms with van der Waals surface area (Å²) in [5, 5.41) is 0.649. The molecule has 0 amide bonds. The highest BCUT2D eigenvalue weighted by molar-refractivity contribution is 7.16. The van der Waals surface area contributed by atoms with E-state index in [0.717, 1.165) is 15.8 Å². The van der Waals surface area contributed by atoms with E-state index in [4.69, 9.17) is 11.6 Å². The van der Waals surface area contributed by atoms with Crippen molar-refractivity contribution in [2.24, 2.45) is 0 Å². The van der Waals surface area contributed by atoms with Crippen LogP contribution in [-0.2, 0) is 0 Å². The molecule has 0 aliphatic heterocycles. The molecule has 0 radical (unpaired) electrons. The van der Waals surface area contributed by atoms with Crippen molar-refractivity contribution in [3.8, 4) is 11.3 Å². The Labute approximate surface area is 113 Å². The quantitative estimate of drug-likeness (QED) is 0.671. The molecular formula is C14H8ClNOS. The Balaban J connectivity index is 2.26. The van der Waals surface area contributed by atoms with Crippen LogP contribution in [0.5, 0.6) is 0 Å². The number of benzene rings is 2. The summed E-state index contributed by atoms with van der Waals surface area (Å²) in [6.07, 6.45) is 0. The lowest BCUT2D eigenvalue weighted by Gasteiger charge is -2.01. The summed E-state index contributed by atoms with van der Waals surface area (Å²) in [6, 6.07) is 14.8. The van der Waals surface area contributed by atoms with Crippen LogP contribution in [0.25, 0.3) is 21.5 Å². The second-order valence-electron chi connectivity index (χ2n) is 3.82. The van der Waals surface area contributed by atoms with Gasteiger partial charge >= 0.3 is 0 Å². The molecule has 0 bridgehead atoms. The minimum absolute atomic E-state index is 0.0315. The molecule has 4 heteroatoms. The van der Waals surface area contributed by atoms with Gasteiger partial charge in [0.25, 0.3) is 4.74 Å². The van der Waals surface area contributed by atoms with E-state index in [0.29, 0.717) is 10.7 Å². The van der Waals surface area contributed by atoms with Gasteiger partial charge in [0.15, 0.2) is 0 Å². The second kappa shape index (κ2) is 4.52. The summed E-state index contributed by atoms with van der Waals surface area (Å²) in [6.45, 7) is 0. The van der Waals surface area contributed by atoms with Crippen molar-refractivity contribution in [1.82, 2.24) is 4.98 Å². The van der Waals surface area contributed by atoms with E-state index < -0.39 is 0 Å². The van der Waals surface area contributed by atoms with E-state index in [1.807, 2.05) is 36.4 Å². The van der Waals surface area contributed by atoms with Gasteiger partial charge in [-0.15, -0.1) is 0 Å². The van der Waals surface area contributed by atoms with Crippen LogP contribution in [0.3, 0.4) is 0 Å². The molecule has 1 aromatic heterocycles. The Kier molecular flexibility index (Phi) is 2.86. The normalized spacial score (nSPS) is 10.7. The molecule has 3 aromatic rings. The van der Waals surface area contributed by atoms with Crippen LogP contribution in [0.2, 0.25) is 5.02 Å². The van der Waals surface area contributed by atoms with Crippen molar-refractivity contribution in [3.05, 3.63) is 63.1 Å². The van der Waals surface area contributed by atoms with Crippen LogP contribution in [0.4, 0.5) is 0 Å². The summed E-state index contributed by atoms with van der Waals surface area (Å²) >= 11 is 7.05. The van der Waals surface area contributed by atoms with Crippen molar-refractivity contribution in [2.45, 2.75) is 0 Å². The first-order chi connectivity index (χ1) is 8.74. The molecule has 18 heavy (non-hydrogen) atoms. The van der Waals surface area contributed by atoms with Gasteiger partial charge in [-0.1, -0.05) is 47.2 Å². The molecule has 2 nitrogen and oxygen atoms in total. The average molecular weight is 274 g/mol. The standard InChI is InChI=1S/C14H8ClNOS/c15-10-7-5-9(6-8-10)13-14(17)18-12-4-2-1-3-11(12)16-13/h1-8H. The monoisotopic (exact) mass is 273 g/mol. The SMILES string of the molecule is O=c1sc2ccccc2nc1-c1ccc(Cl)cc1. The van der Waals surface area contributed by atoms with Crippen molar-refractivity contribution in [3.63, 3.8) is 0 Å². The van der Waals surface area contributed by atoms with Crippen LogP contribution in [0, 0.1) is 0 Å². The lowest BCUT2D eigenvalue weighted by molar-refractivity contribution is 1.40. The van der Waals surface area contributed by atoms with E-state index >= 15 is 0 Å². The highest BCUT2D eigenvalue weighted by atomic mass is 35.5. The van der Waals surface area contributed by atoms with E-state index in [-0.39, 0.29) is 4.74 Å². The fourth-order valence-electron chi connectivity index (χ4n) is 1.74. The Morgan fingerprint density at radius 2 is 1.72 bits per heavy atom. The zero-order chi connectivity index (χ0) is 12.5. The van der Waals surface area contributed by atoms with Crippen LogP contribution < -0.4 is 4.74 Å². The molecule has 0 saturated heterocycles. The third-order valence-corrected chi connectivity index (χ3v) is 3.81. The molecule has 0 aliphatic carbocycles. The van der Waals surface area contributed by atoms with Gasteiger partial charge in [0.05, 0.1) is 10.2 Å². The maximum absolute atomic E-state index is 12.0. The number of nitrogens with zero attached hydrogens (tertiary/aromatic N) is 1. The maximum Gasteiger partial charge on any atom is 0.259 e. The number of aromatic nitrogens is 1. The zero-order valence-electron chi connectivity index (χ0n) is 9.26. The Morgan fingerprint density at radius 3 is 2.50 bits per heavy atom. The molecule has 0 atom stereocenters. The molecule has 2 aromatic carbocycles. The fraction of sp³-hybridized carbons (Fsp3) is 0. The summed E-state index contributed by atoms with van der Waals surface area (Å²) < 4.78 is 0.872. The molecular weight excluding hydrogens is 266 g/mol. The smallest absolute Gasteiger partial charge is 0.259 e. The first kappa shape index (κ1) is 11.4. The van der Waals surface area contributed by atoms with Gasteiger partial charge in [-0.2, -0.15) is 0 Å². The molecule has 0 aliphatic rings. The maximum atomic E-state index is 12.0. The summed E-state index contributed by atoms with van der Waals surface area (Å²) in [5.41, 5.74) is 2.12. The van der Waals surface area contributed by atoms with Crippen molar-refractivity contribution >= 4 is 33.2 Å². The number of hydrogen-bond donors (Lipinski definition) is 0. The lowest BCUT2D eigenvalue weighted by atomic mass is 10.2. The minimum atomic E-state index is -0.0315. The fourth-order valence-corrected chi connectivity index (χ4v) is 2.69. The van der Waals surface area contributed by atoms with Crippen LogP contribution >= 0.6 is 22.9 Å². The van der Waals surface area contributed by atoms with E-state index in [1.54, 1.807) is 12.1 Å². The van der Waals surface area contributed by atoms with E-state index in [9.17, 15) is 4.79 Å². The number of fused-ring (bicyclic) bond motifs is 1. The third kappa shape index (κ3) is 2.03. The van der Waals surface area contributed by atoms with Gasteiger partial charge in [-0.05, 0) is 24.3 Å². The third-order valence-electron chi connectivity index (χ3n) is 2.61. The predicted molar refractivity (Wildman–Crippen MR) is 76.3 cm³/mol. The van der Waals surface area contributed by atoms with Crippen LogP contribution in [-0.4, -0.2) is 4.98 Å². The van der Waals surface area contributed by atoms with E-state index in [1.165, 1.54) is 11.3 Å². The number of rotatable bonds is 1. The molecule has 0 fully saturated rings. The second-order valence-corrected chi connectivity index (χ2v) is 5.28. The summed E-state index contributed by atoms with van der Waals surface area (Å²) in [7, 11) is 0.